The molecule has 3 heteroatoms. The molecule has 0 aromatic heterocycles. The zero-order chi connectivity index (χ0) is 7.82. The lowest BCUT2D eigenvalue weighted by atomic mass is 10.1. The van der Waals surface area contributed by atoms with E-state index in [0.717, 1.165) is 0 Å². The van der Waals surface area contributed by atoms with E-state index < -0.39 is 0 Å². The van der Waals surface area contributed by atoms with Gasteiger partial charge < -0.3 is 0 Å². The largest absolute Gasteiger partial charge is 0.300 e. The van der Waals surface area contributed by atoms with Gasteiger partial charge in [0.25, 0.3) is 0 Å². The number of hydrogen-bond donors (Lipinski definition) is 0. The molecular formula is C7H10O3. The van der Waals surface area contributed by atoms with Crippen molar-refractivity contribution in [3.63, 3.8) is 0 Å². The summed E-state index contributed by atoms with van der Waals surface area (Å²) in [6.45, 7) is -0.344. The molecule has 0 atom stereocenters. The summed E-state index contributed by atoms with van der Waals surface area (Å²) in [5, 5.41) is 9.87. The van der Waals surface area contributed by atoms with E-state index in [1.54, 1.807) is 6.29 Å². The maximum atomic E-state index is 10.6. The quantitative estimate of drug-likeness (QED) is 0.511. The Hall–Kier alpha value is -0.700. The van der Waals surface area contributed by atoms with Crippen LogP contribution in [0.1, 0.15) is 25.7 Å². The summed E-state index contributed by atoms with van der Waals surface area (Å²) in [5.74, 6) is -0.0507. The molecule has 3 nitrogen and oxygen atoms in total. The van der Waals surface area contributed by atoms with Crippen molar-refractivity contribution in [2.45, 2.75) is 25.7 Å². The molecule has 0 aromatic rings. The molecule has 0 heterocycles. The number of hydrogen-bond acceptors (Lipinski definition) is 2. The van der Waals surface area contributed by atoms with Crippen LogP contribution in [0.4, 0.5) is 0 Å². The Labute approximate surface area is 60.0 Å². The number of rotatable bonds is 6. The van der Waals surface area contributed by atoms with Gasteiger partial charge in [0.2, 0.25) is 0 Å². The Morgan fingerprint density at radius 2 is 2.00 bits per heavy atom. The molecule has 0 fully saturated rings. The highest BCUT2D eigenvalue weighted by molar-refractivity contribution is 5.78. The third kappa shape index (κ3) is 5.44. The van der Waals surface area contributed by atoms with Crippen LogP contribution in [0.15, 0.2) is 0 Å². The van der Waals surface area contributed by atoms with Crippen molar-refractivity contribution in [3.8, 4) is 0 Å². The normalized spacial score (nSPS) is 9.30. The second-order valence-electron chi connectivity index (χ2n) is 1.99. The molecule has 0 spiro atoms. The van der Waals surface area contributed by atoms with Crippen LogP contribution in [0.3, 0.4) is 0 Å². The van der Waals surface area contributed by atoms with Crippen molar-refractivity contribution in [2.75, 3.05) is 6.61 Å². The maximum Gasteiger partial charge on any atom is 0.198 e. The van der Waals surface area contributed by atoms with E-state index in [4.69, 9.17) is 0 Å². The first-order valence-corrected chi connectivity index (χ1v) is 3.26. The highest BCUT2D eigenvalue weighted by Crippen LogP contribution is 1.96. The minimum absolute atomic E-state index is 0.0507. The fourth-order valence-electron chi connectivity index (χ4n) is 0.597. The van der Waals surface area contributed by atoms with Gasteiger partial charge in [-0.05, 0) is 6.42 Å². The maximum absolute atomic E-state index is 10.6. The average molecular weight is 142 g/mol. The fourth-order valence-corrected chi connectivity index (χ4v) is 0.597. The first-order valence-electron chi connectivity index (χ1n) is 3.26. The molecule has 0 unspecified atom stereocenters. The van der Waals surface area contributed by atoms with Crippen LogP contribution in [0.5, 0.6) is 0 Å². The molecule has 0 aliphatic carbocycles. The van der Waals surface area contributed by atoms with Crippen molar-refractivity contribution in [1.82, 2.24) is 0 Å². The molecule has 0 N–H and O–H groups in total. The standard InChI is InChI=1S/C7H10O3/c8-5-2-1-3-7(10)4-6-9/h1-4,6H2. The second kappa shape index (κ2) is 6.42. The summed E-state index contributed by atoms with van der Waals surface area (Å²) < 4.78 is 0. The average Bonchev–Trinajstić information content (AvgIpc) is 1.89. The smallest absolute Gasteiger partial charge is 0.198 e. The summed E-state index contributed by atoms with van der Waals surface area (Å²) in [6.07, 6.45) is 2.95. The monoisotopic (exact) mass is 142 g/mol. The number of ketones is 1. The van der Waals surface area contributed by atoms with Gasteiger partial charge in [-0.2, -0.15) is 0 Å². The molecular weight excluding hydrogens is 132 g/mol. The lowest BCUT2D eigenvalue weighted by molar-refractivity contribution is -0.120. The van der Waals surface area contributed by atoms with Crippen LogP contribution >= 0.6 is 0 Å². The molecule has 0 saturated heterocycles. The van der Waals surface area contributed by atoms with E-state index in [1.165, 1.54) is 0 Å². The molecule has 10 heavy (non-hydrogen) atoms. The molecule has 0 aliphatic heterocycles. The zero-order valence-corrected chi connectivity index (χ0v) is 5.76. The molecule has 2 radical (unpaired) electrons. The zero-order valence-electron chi connectivity index (χ0n) is 5.76. The first kappa shape index (κ1) is 9.30. The SMILES string of the molecule is [O]CCC(=O)CCC[C]=O. The Bertz CT molecular complexity index is 109. The highest BCUT2D eigenvalue weighted by Gasteiger charge is 1.99. The fraction of sp³-hybridized carbons (Fsp3) is 0.714. The van der Waals surface area contributed by atoms with Gasteiger partial charge in [-0.15, -0.1) is 0 Å². The van der Waals surface area contributed by atoms with Crippen LogP contribution in [-0.4, -0.2) is 18.7 Å². The summed E-state index contributed by atoms with van der Waals surface area (Å²) >= 11 is 0. The lowest BCUT2D eigenvalue weighted by Gasteiger charge is -1.92. The van der Waals surface area contributed by atoms with Gasteiger partial charge >= 0.3 is 0 Å². The van der Waals surface area contributed by atoms with E-state index in [0.29, 0.717) is 19.3 Å². The summed E-state index contributed by atoms with van der Waals surface area (Å²) in [6, 6.07) is 0. The van der Waals surface area contributed by atoms with Crippen LogP contribution in [0, 0.1) is 0 Å². The molecule has 0 bridgehead atoms. The predicted octanol–water partition coefficient (Wildman–Crippen LogP) is 0.656. The summed E-state index contributed by atoms with van der Waals surface area (Å²) in [5.41, 5.74) is 0. The van der Waals surface area contributed by atoms with Crippen LogP contribution in [0.2, 0.25) is 0 Å². The van der Waals surface area contributed by atoms with Crippen molar-refractivity contribution in [3.05, 3.63) is 0 Å². The van der Waals surface area contributed by atoms with Crippen molar-refractivity contribution in [2.24, 2.45) is 0 Å². The van der Waals surface area contributed by atoms with Crippen molar-refractivity contribution < 1.29 is 14.7 Å². The Kier molecular flexibility index (Phi) is 5.97. The van der Waals surface area contributed by atoms with Gasteiger partial charge in [-0.1, -0.05) is 0 Å². The molecule has 56 valence electrons. The Morgan fingerprint density at radius 1 is 1.30 bits per heavy atom. The van der Waals surface area contributed by atoms with E-state index in [9.17, 15) is 14.7 Å². The summed E-state index contributed by atoms with van der Waals surface area (Å²) in [7, 11) is 0. The van der Waals surface area contributed by atoms with Gasteiger partial charge in [0.05, 0.1) is 6.61 Å². The minimum Gasteiger partial charge on any atom is -0.300 e. The van der Waals surface area contributed by atoms with E-state index in [1.807, 2.05) is 0 Å². The third-order valence-electron chi connectivity index (χ3n) is 1.12. The number of Topliss-reactive ketones (excluding diaryl/α,β-unsaturated/α-hetero) is 1. The Morgan fingerprint density at radius 3 is 2.50 bits per heavy atom. The van der Waals surface area contributed by atoms with Gasteiger partial charge in [0.15, 0.2) is 6.29 Å². The molecule has 0 amide bonds. The van der Waals surface area contributed by atoms with Gasteiger partial charge in [0, 0.05) is 19.3 Å². The minimum atomic E-state index is -0.344. The number of carbonyl (C=O) groups is 1. The summed E-state index contributed by atoms with van der Waals surface area (Å²) in [4.78, 5) is 20.2. The molecule has 0 aliphatic rings. The molecule has 0 rings (SSSR count). The second-order valence-corrected chi connectivity index (χ2v) is 1.99. The lowest BCUT2D eigenvalue weighted by Crippen LogP contribution is -1.99. The highest BCUT2D eigenvalue weighted by atomic mass is 16.3. The van der Waals surface area contributed by atoms with Crippen molar-refractivity contribution in [1.29, 1.82) is 0 Å². The number of unbranched alkanes of at least 4 members (excludes halogenated alkanes) is 1. The van der Waals surface area contributed by atoms with Crippen LogP contribution < -0.4 is 0 Å². The van der Waals surface area contributed by atoms with E-state index in [2.05, 4.69) is 0 Å². The van der Waals surface area contributed by atoms with Crippen LogP contribution in [0.25, 0.3) is 0 Å². The van der Waals surface area contributed by atoms with Crippen molar-refractivity contribution >= 4 is 12.1 Å². The third-order valence-corrected chi connectivity index (χ3v) is 1.12. The number of carbonyl (C=O) groups excluding carboxylic acids is 2. The van der Waals surface area contributed by atoms with Crippen LogP contribution in [-0.2, 0) is 14.7 Å². The van der Waals surface area contributed by atoms with Gasteiger partial charge in [-0.3, -0.25) is 9.59 Å². The predicted molar refractivity (Wildman–Crippen MR) is 34.7 cm³/mol. The topological polar surface area (TPSA) is 54.0 Å². The van der Waals surface area contributed by atoms with E-state index >= 15 is 0 Å². The van der Waals surface area contributed by atoms with Gasteiger partial charge in [0.1, 0.15) is 5.78 Å². The Balaban J connectivity index is 3.13. The molecule has 0 aromatic carbocycles. The van der Waals surface area contributed by atoms with E-state index in [-0.39, 0.29) is 18.8 Å². The molecule has 0 saturated carbocycles. The first-order chi connectivity index (χ1) is 4.81. The van der Waals surface area contributed by atoms with Gasteiger partial charge in [-0.25, -0.2) is 5.11 Å².